The summed E-state index contributed by atoms with van der Waals surface area (Å²) in [5, 5.41) is 7.64. The third kappa shape index (κ3) is 5.58. The number of pyridine rings is 1. The Labute approximate surface area is 188 Å². The first kappa shape index (κ1) is 21.3. The molecular formula is C23H21N5O3S. The minimum atomic E-state index is -0.343. The Kier molecular flexibility index (Phi) is 6.57. The lowest BCUT2D eigenvalue weighted by Crippen LogP contribution is -2.32. The summed E-state index contributed by atoms with van der Waals surface area (Å²) >= 11 is 1.32. The maximum atomic E-state index is 12.2. The van der Waals surface area contributed by atoms with Crippen LogP contribution in [-0.2, 0) is 18.4 Å². The number of aromatic nitrogens is 3. The number of aryl methyl sites for hydroxylation is 1. The molecule has 2 amide bonds. The number of ether oxygens (including phenoxy) is 1. The molecule has 3 aromatic heterocycles. The average Bonchev–Trinajstić information content (AvgIpc) is 3.46. The molecular weight excluding hydrogens is 426 g/mol. The zero-order chi connectivity index (χ0) is 22.3. The molecule has 4 aromatic rings. The molecule has 0 spiro atoms. The van der Waals surface area contributed by atoms with E-state index < -0.39 is 0 Å². The third-order valence-electron chi connectivity index (χ3n) is 4.54. The van der Waals surface area contributed by atoms with E-state index >= 15 is 0 Å². The van der Waals surface area contributed by atoms with Gasteiger partial charge in [0.1, 0.15) is 12.4 Å². The van der Waals surface area contributed by atoms with Crippen LogP contribution >= 0.6 is 11.3 Å². The van der Waals surface area contributed by atoms with Crippen molar-refractivity contribution in [1.29, 1.82) is 0 Å². The first-order valence-electron chi connectivity index (χ1n) is 9.84. The van der Waals surface area contributed by atoms with E-state index in [-0.39, 0.29) is 18.4 Å². The molecule has 0 bridgehead atoms. The standard InChI is InChI=1S/C23H21N5O3S/c1-28-10-7-18(13-28)22(30)25-12-21(29)27-23-26-20(15-32-23)17-3-2-4-19(11-17)31-14-16-5-8-24-9-6-16/h2-11,13,15H,12,14H2,1H3,(H,25,30)(H,26,27,29). The topological polar surface area (TPSA) is 98.1 Å². The van der Waals surface area contributed by atoms with E-state index in [9.17, 15) is 9.59 Å². The Balaban J connectivity index is 1.32. The Hall–Kier alpha value is -3.98. The molecule has 0 aliphatic rings. The van der Waals surface area contributed by atoms with Crippen LogP contribution in [0.25, 0.3) is 11.3 Å². The van der Waals surface area contributed by atoms with Crippen molar-refractivity contribution in [3.63, 3.8) is 0 Å². The van der Waals surface area contributed by atoms with E-state index in [1.165, 1.54) is 11.3 Å². The summed E-state index contributed by atoms with van der Waals surface area (Å²) in [6, 6.07) is 13.1. The Morgan fingerprint density at radius 2 is 2.00 bits per heavy atom. The highest BCUT2D eigenvalue weighted by Gasteiger charge is 2.12. The second-order valence-electron chi connectivity index (χ2n) is 7.01. The summed E-state index contributed by atoms with van der Waals surface area (Å²) in [6.45, 7) is 0.306. The summed E-state index contributed by atoms with van der Waals surface area (Å²) in [6.07, 6.45) is 6.92. The summed E-state index contributed by atoms with van der Waals surface area (Å²) in [7, 11) is 1.83. The molecule has 0 aliphatic heterocycles. The van der Waals surface area contributed by atoms with Crippen LogP contribution < -0.4 is 15.4 Å². The van der Waals surface area contributed by atoms with Gasteiger partial charge in [-0.05, 0) is 35.9 Å². The largest absolute Gasteiger partial charge is 0.489 e. The summed E-state index contributed by atoms with van der Waals surface area (Å²) in [4.78, 5) is 32.7. The van der Waals surface area contributed by atoms with Gasteiger partial charge in [0, 0.05) is 42.8 Å². The predicted octanol–water partition coefficient (Wildman–Crippen LogP) is 3.49. The number of hydrogen-bond donors (Lipinski definition) is 2. The molecule has 4 rings (SSSR count). The van der Waals surface area contributed by atoms with E-state index in [0.29, 0.717) is 17.3 Å². The quantitative estimate of drug-likeness (QED) is 0.431. The normalized spacial score (nSPS) is 10.5. The first-order valence-corrected chi connectivity index (χ1v) is 10.7. The Morgan fingerprint density at radius 1 is 1.16 bits per heavy atom. The van der Waals surface area contributed by atoms with Crippen LogP contribution in [0.1, 0.15) is 15.9 Å². The number of carbonyl (C=O) groups is 2. The molecule has 2 N–H and O–H groups in total. The Bertz CT molecular complexity index is 1220. The Morgan fingerprint density at radius 3 is 2.78 bits per heavy atom. The maximum Gasteiger partial charge on any atom is 0.253 e. The van der Waals surface area contributed by atoms with Gasteiger partial charge in [0.2, 0.25) is 5.91 Å². The number of rotatable bonds is 8. The monoisotopic (exact) mass is 447 g/mol. The molecule has 3 heterocycles. The van der Waals surface area contributed by atoms with Crippen molar-refractivity contribution < 1.29 is 14.3 Å². The van der Waals surface area contributed by atoms with Gasteiger partial charge in [0.15, 0.2) is 5.13 Å². The molecule has 0 radical (unpaired) electrons. The molecule has 0 atom stereocenters. The molecule has 0 saturated heterocycles. The van der Waals surface area contributed by atoms with Crippen molar-refractivity contribution in [2.45, 2.75) is 6.61 Å². The van der Waals surface area contributed by atoms with Crippen LogP contribution in [0.15, 0.2) is 72.6 Å². The van der Waals surface area contributed by atoms with Crippen molar-refractivity contribution in [3.05, 3.63) is 83.8 Å². The molecule has 0 saturated carbocycles. The van der Waals surface area contributed by atoms with E-state index in [4.69, 9.17) is 4.74 Å². The predicted molar refractivity (Wildman–Crippen MR) is 122 cm³/mol. The lowest BCUT2D eigenvalue weighted by Gasteiger charge is -2.07. The number of carbonyl (C=O) groups excluding carboxylic acids is 2. The number of amides is 2. The molecule has 162 valence electrons. The number of nitrogens with one attached hydrogen (secondary N) is 2. The molecule has 0 aliphatic carbocycles. The van der Waals surface area contributed by atoms with E-state index in [1.54, 1.807) is 35.4 Å². The maximum absolute atomic E-state index is 12.2. The summed E-state index contributed by atoms with van der Waals surface area (Å²) < 4.78 is 7.62. The van der Waals surface area contributed by atoms with Gasteiger partial charge in [-0.1, -0.05) is 12.1 Å². The van der Waals surface area contributed by atoms with Crippen LogP contribution in [0.2, 0.25) is 0 Å². The fourth-order valence-corrected chi connectivity index (χ4v) is 3.65. The fourth-order valence-electron chi connectivity index (χ4n) is 2.92. The second-order valence-corrected chi connectivity index (χ2v) is 7.86. The number of thiazole rings is 1. The van der Waals surface area contributed by atoms with Crippen molar-refractivity contribution >= 4 is 28.3 Å². The lowest BCUT2D eigenvalue weighted by atomic mass is 10.1. The zero-order valence-electron chi connectivity index (χ0n) is 17.3. The molecule has 8 nitrogen and oxygen atoms in total. The van der Waals surface area contributed by atoms with Gasteiger partial charge in [0.05, 0.1) is 17.8 Å². The highest BCUT2D eigenvalue weighted by Crippen LogP contribution is 2.27. The minimum absolute atomic E-state index is 0.138. The lowest BCUT2D eigenvalue weighted by molar-refractivity contribution is -0.115. The highest BCUT2D eigenvalue weighted by molar-refractivity contribution is 7.14. The van der Waals surface area contributed by atoms with Crippen molar-refractivity contribution in [1.82, 2.24) is 19.9 Å². The van der Waals surface area contributed by atoms with Crippen LogP contribution in [-0.4, -0.2) is 32.9 Å². The first-order chi connectivity index (χ1) is 15.6. The smallest absolute Gasteiger partial charge is 0.253 e. The van der Waals surface area contributed by atoms with Crippen molar-refractivity contribution in [2.75, 3.05) is 11.9 Å². The molecule has 1 aromatic carbocycles. The molecule has 9 heteroatoms. The van der Waals surface area contributed by atoms with Gasteiger partial charge in [-0.2, -0.15) is 0 Å². The van der Waals surface area contributed by atoms with Crippen LogP contribution in [0, 0.1) is 0 Å². The van der Waals surface area contributed by atoms with Gasteiger partial charge < -0.3 is 19.9 Å². The minimum Gasteiger partial charge on any atom is -0.489 e. The second kappa shape index (κ2) is 9.88. The molecule has 0 fully saturated rings. The van der Waals surface area contributed by atoms with Crippen molar-refractivity contribution in [3.8, 4) is 17.0 Å². The molecule has 32 heavy (non-hydrogen) atoms. The summed E-state index contributed by atoms with van der Waals surface area (Å²) in [5.41, 5.74) is 3.14. The fraction of sp³-hybridized carbons (Fsp3) is 0.130. The van der Waals surface area contributed by atoms with Gasteiger partial charge in [0.25, 0.3) is 5.91 Å². The zero-order valence-corrected chi connectivity index (χ0v) is 18.1. The van der Waals surface area contributed by atoms with Gasteiger partial charge in [-0.25, -0.2) is 4.98 Å². The van der Waals surface area contributed by atoms with Gasteiger partial charge in [-0.3, -0.25) is 14.6 Å². The molecule has 0 unspecified atom stereocenters. The number of benzene rings is 1. The van der Waals surface area contributed by atoms with Crippen LogP contribution in [0.4, 0.5) is 5.13 Å². The SMILES string of the molecule is Cn1ccc(C(=O)NCC(=O)Nc2nc(-c3cccc(OCc4ccncc4)c3)cs2)c1. The van der Waals surface area contributed by atoms with E-state index in [2.05, 4.69) is 20.6 Å². The van der Waals surface area contributed by atoms with Gasteiger partial charge in [-0.15, -0.1) is 11.3 Å². The van der Waals surface area contributed by atoms with Crippen molar-refractivity contribution in [2.24, 2.45) is 7.05 Å². The number of hydrogen-bond acceptors (Lipinski definition) is 6. The van der Waals surface area contributed by atoms with Crippen LogP contribution in [0.5, 0.6) is 5.75 Å². The van der Waals surface area contributed by atoms with E-state index in [1.807, 2.05) is 48.8 Å². The van der Waals surface area contributed by atoms with E-state index in [0.717, 1.165) is 22.6 Å². The van der Waals surface area contributed by atoms with Crippen LogP contribution in [0.3, 0.4) is 0 Å². The van der Waals surface area contributed by atoms with Gasteiger partial charge >= 0.3 is 0 Å². The number of nitrogens with zero attached hydrogens (tertiary/aromatic N) is 3. The number of anilines is 1. The highest BCUT2D eigenvalue weighted by atomic mass is 32.1. The third-order valence-corrected chi connectivity index (χ3v) is 5.30. The summed E-state index contributed by atoms with van der Waals surface area (Å²) in [5.74, 6) is 0.0790. The average molecular weight is 448 g/mol.